The summed E-state index contributed by atoms with van der Waals surface area (Å²) in [6, 6.07) is 7.96. The fourth-order valence-corrected chi connectivity index (χ4v) is 3.52. The normalized spacial score (nSPS) is 19.1. The van der Waals surface area contributed by atoms with Crippen molar-refractivity contribution in [3.05, 3.63) is 69.5 Å². The molecule has 0 N–H and O–H groups in total. The van der Waals surface area contributed by atoms with Crippen molar-refractivity contribution in [3.63, 3.8) is 0 Å². The van der Waals surface area contributed by atoms with Crippen molar-refractivity contribution >= 4 is 11.8 Å². The Morgan fingerprint density at radius 1 is 1.00 bits per heavy atom. The molecule has 27 heavy (non-hydrogen) atoms. The third-order valence-corrected chi connectivity index (χ3v) is 5.45. The van der Waals surface area contributed by atoms with Gasteiger partial charge in [-0.1, -0.05) is 12.1 Å². The van der Waals surface area contributed by atoms with Gasteiger partial charge in [0.1, 0.15) is 11.9 Å². The molecular formula is C23H25FO3. The van der Waals surface area contributed by atoms with Gasteiger partial charge >= 0.3 is 5.97 Å². The number of ether oxygens (including phenoxy) is 1. The molecule has 2 aromatic carbocycles. The predicted molar refractivity (Wildman–Crippen MR) is 102 cm³/mol. The van der Waals surface area contributed by atoms with Crippen LogP contribution >= 0.6 is 0 Å². The van der Waals surface area contributed by atoms with Crippen LogP contribution in [0.2, 0.25) is 0 Å². The van der Waals surface area contributed by atoms with Gasteiger partial charge in [0, 0.05) is 11.1 Å². The molecule has 142 valence electrons. The molecule has 0 bridgehead atoms. The predicted octanol–water partition coefficient (Wildman–Crippen LogP) is 5.36. The number of hydrogen-bond donors (Lipinski definition) is 0. The lowest BCUT2D eigenvalue weighted by Gasteiger charge is -2.26. The van der Waals surface area contributed by atoms with E-state index >= 15 is 0 Å². The smallest absolute Gasteiger partial charge is 0.311 e. The van der Waals surface area contributed by atoms with Crippen molar-refractivity contribution in [3.8, 4) is 0 Å². The second kappa shape index (κ2) is 6.59. The van der Waals surface area contributed by atoms with Gasteiger partial charge in [-0.15, -0.1) is 0 Å². The number of Topliss-reactive ketones (excluding diaryl/α,β-unsaturated/α-hetero) is 1. The molecule has 0 heterocycles. The van der Waals surface area contributed by atoms with Crippen molar-refractivity contribution in [2.24, 2.45) is 5.41 Å². The molecule has 4 heteroatoms. The number of halogens is 1. The topological polar surface area (TPSA) is 43.4 Å². The quantitative estimate of drug-likeness (QED) is 0.670. The van der Waals surface area contributed by atoms with Crippen LogP contribution < -0.4 is 0 Å². The van der Waals surface area contributed by atoms with Crippen LogP contribution in [0.25, 0.3) is 0 Å². The summed E-state index contributed by atoms with van der Waals surface area (Å²) >= 11 is 0. The molecule has 0 fully saturated rings. The van der Waals surface area contributed by atoms with Gasteiger partial charge in [-0.05, 0) is 82.0 Å². The van der Waals surface area contributed by atoms with Gasteiger partial charge in [-0.3, -0.25) is 9.59 Å². The highest BCUT2D eigenvalue weighted by molar-refractivity contribution is 6.06. The van der Waals surface area contributed by atoms with Gasteiger partial charge < -0.3 is 4.74 Å². The van der Waals surface area contributed by atoms with Gasteiger partial charge in [0.15, 0.2) is 5.78 Å². The number of ketones is 1. The zero-order valence-corrected chi connectivity index (χ0v) is 16.6. The zero-order valence-electron chi connectivity index (χ0n) is 16.6. The highest BCUT2D eigenvalue weighted by atomic mass is 19.1. The Hall–Kier alpha value is -2.49. The van der Waals surface area contributed by atoms with Gasteiger partial charge in [-0.25, -0.2) is 4.39 Å². The van der Waals surface area contributed by atoms with Gasteiger partial charge in [0.05, 0.1) is 11.3 Å². The number of fused-ring (bicyclic) bond motifs is 1. The largest absolute Gasteiger partial charge is 0.456 e. The third-order valence-electron chi connectivity index (χ3n) is 5.45. The first-order chi connectivity index (χ1) is 12.5. The van der Waals surface area contributed by atoms with Crippen LogP contribution in [-0.2, 0) is 9.53 Å². The Bertz CT molecular complexity index is 937. The number of esters is 1. The first-order valence-corrected chi connectivity index (χ1v) is 9.14. The van der Waals surface area contributed by atoms with Crippen LogP contribution in [0.15, 0.2) is 30.3 Å². The van der Waals surface area contributed by atoms with E-state index in [1.165, 1.54) is 18.2 Å². The number of rotatable bonds is 2. The number of carbonyl (C=O) groups excluding carboxylic acids is 2. The summed E-state index contributed by atoms with van der Waals surface area (Å²) in [7, 11) is 0. The number of hydrogen-bond acceptors (Lipinski definition) is 3. The third kappa shape index (κ3) is 3.29. The Kier molecular flexibility index (Phi) is 4.71. The average Bonchev–Trinajstić information content (AvgIpc) is 2.84. The lowest BCUT2D eigenvalue weighted by atomic mass is 9.86. The van der Waals surface area contributed by atoms with E-state index in [-0.39, 0.29) is 5.78 Å². The van der Waals surface area contributed by atoms with Crippen LogP contribution in [0, 0.1) is 32.0 Å². The van der Waals surface area contributed by atoms with E-state index in [0.717, 1.165) is 22.3 Å². The molecule has 3 rings (SSSR count). The van der Waals surface area contributed by atoms with E-state index in [0.29, 0.717) is 11.1 Å². The first kappa shape index (κ1) is 19.3. The van der Waals surface area contributed by atoms with Gasteiger partial charge in [0.2, 0.25) is 0 Å². The lowest BCUT2D eigenvalue weighted by Crippen LogP contribution is -2.27. The molecule has 0 spiro atoms. The van der Waals surface area contributed by atoms with Crippen LogP contribution in [0.3, 0.4) is 0 Å². The summed E-state index contributed by atoms with van der Waals surface area (Å²) in [6.07, 6.45) is -0.823. The fraction of sp³-hybridized carbons (Fsp3) is 0.391. The van der Waals surface area contributed by atoms with Crippen LogP contribution in [-0.4, -0.2) is 11.8 Å². The molecule has 2 unspecified atom stereocenters. The van der Waals surface area contributed by atoms with Crippen molar-refractivity contribution in [1.82, 2.24) is 0 Å². The summed E-state index contributed by atoms with van der Waals surface area (Å²) in [5.74, 6) is -1.66. The van der Waals surface area contributed by atoms with Crippen molar-refractivity contribution in [1.29, 1.82) is 0 Å². The molecule has 0 amide bonds. The number of carbonyl (C=O) groups is 2. The van der Waals surface area contributed by atoms with E-state index in [2.05, 4.69) is 0 Å². The maximum atomic E-state index is 13.9. The minimum Gasteiger partial charge on any atom is -0.456 e. The molecule has 2 atom stereocenters. The van der Waals surface area contributed by atoms with E-state index in [1.807, 2.05) is 32.9 Å². The molecule has 3 nitrogen and oxygen atoms in total. The molecule has 1 aliphatic rings. The average molecular weight is 368 g/mol. The number of aryl methyl sites for hydroxylation is 1. The highest BCUT2D eigenvalue weighted by Gasteiger charge is 2.45. The minimum absolute atomic E-state index is 0.136. The highest BCUT2D eigenvalue weighted by Crippen LogP contribution is 2.47. The molecule has 0 radical (unpaired) electrons. The summed E-state index contributed by atoms with van der Waals surface area (Å²) in [4.78, 5) is 25.8. The summed E-state index contributed by atoms with van der Waals surface area (Å²) in [5, 5.41) is 0. The molecule has 0 aliphatic heterocycles. The minimum atomic E-state index is -0.823. The Balaban J connectivity index is 2.16. The monoisotopic (exact) mass is 368 g/mol. The van der Waals surface area contributed by atoms with Crippen molar-refractivity contribution in [2.75, 3.05) is 0 Å². The Labute approximate surface area is 159 Å². The van der Waals surface area contributed by atoms with Crippen LogP contribution in [0.5, 0.6) is 0 Å². The van der Waals surface area contributed by atoms with Crippen LogP contribution in [0.1, 0.15) is 71.0 Å². The van der Waals surface area contributed by atoms with E-state index in [9.17, 15) is 14.0 Å². The molecule has 0 saturated carbocycles. The standard InChI is InChI=1S/C23H25FO3/c1-12-7-9-16(14(3)13(12)2)19-20(25)17-10-8-15(24)11-18(17)21(19)27-22(26)23(4,5)6/h7-11,19,21H,1-6H3. The summed E-state index contributed by atoms with van der Waals surface area (Å²) in [6.45, 7) is 11.3. The molecule has 2 aromatic rings. The SMILES string of the molecule is Cc1ccc(C2C(=O)c3ccc(F)cc3C2OC(=O)C(C)(C)C)c(C)c1C. The number of benzene rings is 2. The van der Waals surface area contributed by atoms with E-state index < -0.39 is 29.2 Å². The van der Waals surface area contributed by atoms with E-state index in [1.54, 1.807) is 20.8 Å². The van der Waals surface area contributed by atoms with Gasteiger partial charge in [0.25, 0.3) is 0 Å². The maximum Gasteiger partial charge on any atom is 0.311 e. The maximum absolute atomic E-state index is 13.9. The molecular weight excluding hydrogens is 343 g/mol. The summed E-state index contributed by atoms with van der Waals surface area (Å²) < 4.78 is 19.7. The van der Waals surface area contributed by atoms with Gasteiger partial charge in [-0.2, -0.15) is 0 Å². The lowest BCUT2D eigenvalue weighted by molar-refractivity contribution is -0.159. The molecule has 0 saturated heterocycles. The summed E-state index contributed by atoms with van der Waals surface area (Å²) in [5.41, 5.74) is 4.20. The zero-order chi connectivity index (χ0) is 20.1. The second-order valence-corrected chi connectivity index (χ2v) is 8.37. The fourth-order valence-electron chi connectivity index (χ4n) is 3.52. The Morgan fingerprint density at radius 2 is 1.67 bits per heavy atom. The Morgan fingerprint density at radius 3 is 2.30 bits per heavy atom. The van der Waals surface area contributed by atoms with E-state index in [4.69, 9.17) is 4.74 Å². The molecule has 1 aliphatic carbocycles. The van der Waals surface area contributed by atoms with Crippen molar-refractivity contribution in [2.45, 2.75) is 53.6 Å². The first-order valence-electron chi connectivity index (χ1n) is 9.14. The van der Waals surface area contributed by atoms with Crippen molar-refractivity contribution < 1.29 is 18.7 Å². The van der Waals surface area contributed by atoms with Crippen LogP contribution in [0.4, 0.5) is 4.39 Å². The second-order valence-electron chi connectivity index (χ2n) is 8.37. The molecule has 0 aromatic heterocycles.